The Morgan fingerprint density at radius 3 is 2.53 bits per heavy atom. The monoisotopic (exact) mass is 226 g/mol. The maximum Gasteiger partial charge on any atom is 0.170 e. The summed E-state index contributed by atoms with van der Waals surface area (Å²) in [5.74, 6) is 0.222. The fourth-order valence-corrected chi connectivity index (χ4v) is 1.22. The maximum absolute atomic E-state index is 9.06. The smallest absolute Gasteiger partial charge is 0.170 e. The van der Waals surface area contributed by atoms with Crippen LogP contribution in [0.3, 0.4) is 0 Å². The van der Waals surface area contributed by atoms with Gasteiger partial charge in [-0.3, -0.25) is 0 Å². The summed E-state index contributed by atoms with van der Waals surface area (Å²) in [6.45, 7) is 0.787. The van der Waals surface area contributed by atoms with Crippen molar-refractivity contribution >= 4 is 23.0 Å². The first kappa shape index (κ1) is 11.7. The van der Waals surface area contributed by atoms with Crippen molar-refractivity contribution in [1.29, 1.82) is 0 Å². The van der Waals surface area contributed by atoms with Gasteiger partial charge in [-0.15, -0.1) is 0 Å². The molecule has 1 aromatic carbocycles. The summed E-state index contributed by atoms with van der Waals surface area (Å²) >= 11 is 5.02. The van der Waals surface area contributed by atoms with Gasteiger partial charge in [-0.1, -0.05) is 0 Å². The SMILES string of the molecule is OCCCNC(=S)Nc1ccc(O)cc1. The first-order valence-corrected chi connectivity index (χ1v) is 5.08. The standard InChI is InChI=1S/C10H14N2O2S/c13-7-1-6-11-10(15)12-8-2-4-9(14)5-3-8/h2-5,13-14H,1,6-7H2,(H2,11,12,15). The third-order valence-corrected chi connectivity index (χ3v) is 1.99. The van der Waals surface area contributed by atoms with E-state index in [9.17, 15) is 0 Å². The molecule has 0 unspecified atom stereocenters. The second-order valence-corrected chi connectivity index (χ2v) is 3.41. The summed E-state index contributed by atoms with van der Waals surface area (Å²) in [7, 11) is 0. The summed E-state index contributed by atoms with van der Waals surface area (Å²) in [4.78, 5) is 0. The van der Waals surface area contributed by atoms with E-state index in [2.05, 4.69) is 10.6 Å². The summed E-state index contributed by atoms with van der Waals surface area (Å²) in [5.41, 5.74) is 0.814. The minimum absolute atomic E-state index is 0.148. The van der Waals surface area contributed by atoms with Gasteiger partial charge in [0.25, 0.3) is 0 Å². The van der Waals surface area contributed by atoms with E-state index in [-0.39, 0.29) is 12.4 Å². The Morgan fingerprint density at radius 1 is 1.27 bits per heavy atom. The molecule has 0 bridgehead atoms. The minimum atomic E-state index is 0.148. The van der Waals surface area contributed by atoms with Gasteiger partial charge in [0.2, 0.25) is 0 Å². The van der Waals surface area contributed by atoms with Gasteiger partial charge in [0.15, 0.2) is 5.11 Å². The topological polar surface area (TPSA) is 64.5 Å². The van der Waals surface area contributed by atoms with E-state index in [4.69, 9.17) is 22.4 Å². The number of hydrogen-bond acceptors (Lipinski definition) is 3. The van der Waals surface area contributed by atoms with Crippen LogP contribution in [-0.2, 0) is 0 Å². The molecule has 82 valence electrons. The Balaban J connectivity index is 2.34. The largest absolute Gasteiger partial charge is 0.508 e. The zero-order chi connectivity index (χ0) is 11.1. The quantitative estimate of drug-likeness (QED) is 0.351. The Hall–Kier alpha value is -1.33. The van der Waals surface area contributed by atoms with Gasteiger partial charge in [-0.05, 0) is 42.9 Å². The molecule has 4 nitrogen and oxygen atoms in total. The van der Waals surface area contributed by atoms with Crippen molar-refractivity contribution in [2.45, 2.75) is 6.42 Å². The molecule has 15 heavy (non-hydrogen) atoms. The van der Waals surface area contributed by atoms with E-state index in [0.717, 1.165) is 5.69 Å². The molecule has 5 heteroatoms. The lowest BCUT2D eigenvalue weighted by molar-refractivity contribution is 0.289. The number of thiocarbonyl (C=S) groups is 1. The zero-order valence-electron chi connectivity index (χ0n) is 8.23. The first-order valence-electron chi connectivity index (χ1n) is 4.67. The number of rotatable bonds is 4. The number of benzene rings is 1. The molecule has 0 fully saturated rings. The molecule has 0 saturated heterocycles. The molecule has 1 rings (SSSR count). The van der Waals surface area contributed by atoms with Crippen LogP contribution in [0.5, 0.6) is 5.75 Å². The lowest BCUT2D eigenvalue weighted by Crippen LogP contribution is -2.29. The molecule has 0 atom stereocenters. The predicted octanol–water partition coefficient (Wildman–Crippen LogP) is 1.06. The summed E-state index contributed by atoms with van der Waals surface area (Å²) in [6, 6.07) is 6.63. The normalized spacial score (nSPS) is 9.67. The van der Waals surface area contributed by atoms with Crippen molar-refractivity contribution in [2.75, 3.05) is 18.5 Å². The van der Waals surface area contributed by atoms with Crippen LogP contribution < -0.4 is 10.6 Å². The Labute approximate surface area is 93.9 Å². The van der Waals surface area contributed by atoms with Gasteiger partial charge >= 0.3 is 0 Å². The molecule has 0 amide bonds. The Morgan fingerprint density at radius 2 is 1.93 bits per heavy atom. The fourth-order valence-electron chi connectivity index (χ4n) is 1.00. The van der Waals surface area contributed by atoms with Crippen molar-refractivity contribution in [1.82, 2.24) is 5.32 Å². The molecule has 4 N–H and O–H groups in total. The van der Waals surface area contributed by atoms with Crippen LogP contribution in [0.25, 0.3) is 0 Å². The number of phenols is 1. The van der Waals surface area contributed by atoms with E-state index in [1.165, 1.54) is 0 Å². The summed E-state index contributed by atoms with van der Waals surface area (Å²) in [5, 5.41) is 24.0. The molecule has 0 aliphatic rings. The van der Waals surface area contributed by atoms with Gasteiger partial charge in [-0.25, -0.2) is 0 Å². The van der Waals surface area contributed by atoms with Gasteiger partial charge in [-0.2, -0.15) is 0 Å². The molecule has 1 aromatic rings. The van der Waals surface area contributed by atoms with Gasteiger partial charge in [0.05, 0.1) is 0 Å². The number of anilines is 1. The van der Waals surface area contributed by atoms with Gasteiger partial charge < -0.3 is 20.8 Å². The zero-order valence-corrected chi connectivity index (χ0v) is 9.05. The highest BCUT2D eigenvalue weighted by atomic mass is 32.1. The number of aliphatic hydroxyl groups is 1. The van der Waals surface area contributed by atoms with E-state index >= 15 is 0 Å². The van der Waals surface area contributed by atoms with Crippen molar-refractivity contribution in [2.24, 2.45) is 0 Å². The first-order chi connectivity index (χ1) is 7.22. The van der Waals surface area contributed by atoms with Crippen LogP contribution in [0.4, 0.5) is 5.69 Å². The predicted molar refractivity (Wildman–Crippen MR) is 64.0 cm³/mol. The van der Waals surface area contributed by atoms with Crippen molar-refractivity contribution in [3.63, 3.8) is 0 Å². The number of hydrogen-bond donors (Lipinski definition) is 4. The third-order valence-electron chi connectivity index (χ3n) is 1.75. The lowest BCUT2D eigenvalue weighted by atomic mass is 10.3. The molecule has 0 saturated carbocycles. The van der Waals surface area contributed by atoms with Crippen LogP contribution >= 0.6 is 12.2 Å². The highest BCUT2D eigenvalue weighted by Gasteiger charge is 1.96. The minimum Gasteiger partial charge on any atom is -0.508 e. The molecule has 0 heterocycles. The van der Waals surface area contributed by atoms with E-state index in [1.807, 2.05) is 0 Å². The summed E-state index contributed by atoms with van der Waals surface area (Å²) < 4.78 is 0. The molecule has 0 aliphatic carbocycles. The van der Waals surface area contributed by atoms with Crippen LogP contribution in [0.15, 0.2) is 24.3 Å². The van der Waals surface area contributed by atoms with Gasteiger partial charge in [0, 0.05) is 18.8 Å². The molecular formula is C10H14N2O2S. The van der Waals surface area contributed by atoms with Crippen LogP contribution in [-0.4, -0.2) is 28.5 Å². The summed E-state index contributed by atoms with van der Waals surface area (Å²) in [6.07, 6.45) is 0.664. The second kappa shape index (κ2) is 6.21. The average Bonchev–Trinajstić information content (AvgIpc) is 2.22. The lowest BCUT2D eigenvalue weighted by Gasteiger charge is -2.09. The second-order valence-electron chi connectivity index (χ2n) is 3.00. The van der Waals surface area contributed by atoms with Crippen LogP contribution in [0.1, 0.15) is 6.42 Å². The Bertz CT molecular complexity index is 314. The van der Waals surface area contributed by atoms with Crippen molar-refractivity contribution in [3.05, 3.63) is 24.3 Å². The van der Waals surface area contributed by atoms with Crippen LogP contribution in [0.2, 0.25) is 0 Å². The molecule has 0 aliphatic heterocycles. The Kier molecular flexibility index (Phi) is 4.86. The van der Waals surface area contributed by atoms with E-state index in [1.54, 1.807) is 24.3 Å². The number of phenolic OH excluding ortho intramolecular Hbond substituents is 1. The average molecular weight is 226 g/mol. The van der Waals surface area contributed by atoms with Crippen LogP contribution in [0, 0.1) is 0 Å². The van der Waals surface area contributed by atoms with Crippen molar-refractivity contribution in [3.8, 4) is 5.75 Å². The highest BCUT2D eigenvalue weighted by Crippen LogP contribution is 2.13. The number of aliphatic hydroxyl groups excluding tert-OH is 1. The molecule has 0 radical (unpaired) electrons. The third kappa shape index (κ3) is 4.62. The van der Waals surface area contributed by atoms with Crippen molar-refractivity contribution < 1.29 is 10.2 Å². The fraction of sp³-hybridized carbons (Fsp3) is 0.300. The number of nitrogens with one attached hydrogen (secondary N) is 2. The van der Waals surface area contributed by atoms with E-state index in [0.29, 0.717) is 18.1 Å². The molecule has 0 aromatic heterocycles. The number of aromatic hydroxyl groups is 1. The highest BCUT2D eigenvalue weighted by molar-refractivity contribution is 7.80. The van der Waals surface area contributed by atoms with E-state index < -0.39 is 0 Å². The molecule has 0 spiro atoms. The molecular weight excluding hydrogens is 212 g/mol. The van der Waals surface area contributed by atoms with Gasteiger partial charge in [0.1, 0.15) is 5.75 Å². The maximum atomic E-state index is 9.06.